The van der Waals surface area contributed by atoms with Crippen molar-refractivity contribution in [1.82, 2.24) is 14.9 Å². The zero-order valence-corrected chi connectivity index (χ0v) is 18.0. The zero-order valence-electron chi connectivity index (χ0n) is 18.0. The lowest BCUT2D eigenvalue weighted by atomic mass is 9.88. The van der Waals surface area contributed by atoms with Gasteiger partial charge in [-0.3, -0.25) is 24.1 Å². The summed E-state index contributed by atoms with van der Waals surface area (Å²) >= 11 is 0. The number of halogens is 2. The van der Waals surface area contributed by atoms with Crippen LogP contribution in [0.1, 0.15) is 53.6 Å². The number of aromatic hydroxyl groups is 1. The summed E-state index contributed by atoms with van der Waals surface area (Å²) in [6.07, 6.45) is 1.70. The quantitative estimate of drug-likeness (QED) is 0.749. The smallest absolute Gasteiger partial charge is 0.278 e. The van der Waals surface area contributed by atoms with Crippen LogP contribution in [0.15, 0.2) is 29.2 Å². The van der Waals surface area contributed by atoms with Gasteiger partial charge in [-0.1, -0.05) is 19.9 Å². The molecule has 2 amide bonds. The first kappa shape index (κ1) is 21.8. The second kappa shape index (κ2) is 7.61. The van der Waals surface area contributed by atoms with E-state index in [9.17, 15) is 28.3 Å². The molecule has 0 radical (unpaired) electrons. The fourth-order valence-electron chi connectivity index (χ4n) is 4.52. The van der Waals surface area contributed by atoms with Crippen LogP contribution in [0, 0.1) is 17.0 Å². The number of nitrogens with zero attached hydrogens (tertiary/aromatic N) is 3. The molecule has 1 aromatic carbocycles. The number of carbonyl (C=O) groups is 2. The second-order valence-electron chi connectivity index (χ2n) is 8.70. The van der Waals surface area contributed by atoms with Crippen molar-refractivity contribution >= 4 is 11.8 Å². The van der Waals surface area contributed by atoms with Crippen LogP contribution in [0.3, 0.4) is 0 Å². The normalized spacial score (nSPS) is 19.0. The Balaban J connectivity index is 1.71. The third-order valence-electron chi connectivity index (χ3n) is 6.21. The lowest BCUT2D eigenvalue weighted by Crippen LogP contribution is -2.62. The molecule has 3 heterocycles. The van der Waals surface area contributed by atoms with Crippen LogP contribution in [-0.4, -0.2) is 45.8 Å². The van der Waals surface area contributed by atoms with Gasteiger partial charge in [-0.05, 0) is 19.4 Å². The van der Waals surface area contributed by atoms with Gasteiger partial charge in [0.25, 0.3) is 11.8 Å². The molecule has 2 aliphatic heterocycles. The molecule has 2 aliphatic rings. The summed E-state index contributed by atoms with van der Waals surface area (Å²) in [5.74, 6) is -3.72. The Hall–Kier alpha value is -3.43. The Labute approximate surface area is 183 Å². The molecule has 2 N–H and O–H groups in total. The molecule has 0 bridgehead atoms. The predicted octanol–water partition coefficient (Wildman–Crippen LogP) is 1.93. The molecule has 1 aromatic heterocycles. The average Bonchev–Trinajstić information content (AvgIpc) is 3.05. The summed E-state index contributed by atoms with van der Waals surface area (Å²) in [7, 11) is 0. The van der Waals surface area contributed by atoms with E-state index in [1.54, 1.807) is 4.90 Å². The standard InChI is InChI=1S/C22H24F2N4O4/c1-4-26-20(32)16-18(30)17(29)14(11-28(16)27-8-7-22(2,3)21(26)27)19(31)25-10-12-5-6-13(23)9-15(12)24/h5-6,9,11,21,30H,4,7-8,10H2,1-3H3,(H,25,31)/t21-/m0/s1. The molecule has 10 heteroatoms. The van der Waals surface area contributed by atoms with Crippen LogP contribution in [0.25, 0.3) is 0 Å². The summed E-state index contributed by atoms with van der Waals surface area (Å²) < 4.78 is 28.3. The summed E-state index contributed by atoms with van der Waals surface area (Å²) in [5, 5.41) is 14.9. The van der Waals surface area contributed by atoms with Gasteiger partial charge in [-0.25, -0.2) is 8.78 Å². The summed E-state index contributed by atoms with van der Waals surface area (Å²) in [4.78, 5) is 40.2. The number of fused-ring (bicyclic) bond motifs is 3. The number of hydrogen-bond donors (Lipinski definition) is 2. The number of amides is 2. The van der Waals surface area contributed by atoms with E-state index >= 15 is 0 Å². The van der Waals surface area contributed by atoms with Gasteiger partial charge in [0, 0.05) is 42.9 Å². The molecule has 2 aromatic rings. The van der Waals surface area contributed by atoms with Gasteiger partial charge in [0.1, 0.15) is 23.4 Å². The minimum absolute atomic E-state index is 0.0390. The van der Waals surface area contributed by atoms with Crippen LogP contribution in [0.5, 0.6) is 5.75 Å². The van der Waals surface area contributed by atoms with Gasteiger partial charge in [0.15, 0.2) is 11.4 Å². The van der Waals surface area contributed by atoms with E-state index in [0.717, 1.165) is 12.5 Å². The largest absolute Gasteiger partial charge is 0.502 e. The van der Waals surface area contributed by atoms with Crippen LogP contribution < -0.4 is 15.8 Å². The fourth-order valence-corrected chi connectivity index (χ4v) is 4.52. The van der Waals surface area contributed by atoms with Crippen molar-refractivity contribution < 1.29 is 23.5 Å². The highest BCUT2D eigenvalue weighted by atomic mass is 19.1. The molecular formula is C22H24F2N4O4. The molecule has 1 saturated heterocycles. The van der Waals surface area contributed by atoms with Crippen molar-refractivity contribution in [3.63, 3.8) is 0 Å². The van der Waals surface area contributed by atoms with Crippen LogP contribution in [0.2, 0.25) is 0 Å². The Kier molecular flexibility index (Phi) is 5.18. The monoisotopic (exact) mass is 446 g/mol. The van der Waals surface area contributed by atoms with Gasteiger partial charge in [0.05, 0.1) is 0 Å². The lowest BCUT2D eigenvalue weighted by Gasteiger charge is -2.46. The maximum Gasteiger partial charge on any atom is 0.278 e. The van der Waals surface area contributed by atoms with Crippen molar-refractivity contribution in [2.45, 2.75) is 39.9 Å². The highest BCUT2D eigenvalue weighted by Gasteiger charge is 2.50. The molecule has 4 rings (SSSR count). The van der Waals surface area contributed by atoms with Gasteiger partial charge in [-0.15, -0.1) is 0 Å². The van der Waals surface area contributed by atoms with Gasteiger partial charge < -0.3 is 15.3 Å². The highest BCUT2D eigenvalue weighted by molar-refractivity contribution is 5.99. The predicted molar refractivity (Wildman–Crippen MR) is 112 cm³/mol. The van der Waals surface area contributed by atoms with E-state index in [0.29, 0.717) is 19.2 Å². The number of pyridine rings is 1. The number of rotatable bonds is 4. The minimum Gasteiger partial charge on any atom is -0.502 e. The van der Waals surface area contributed by atoms with E-state index in [-0.39, 0.29) is 34.9 Å². The molecule has 0 unspecified atom stereocenters. The second-order valence-corrected chi connectivity index (χ2v) is 8.70. The SMILES string of the molecule is CCN1C(=O)c2c(O)c(=O)c(C(=O)NCc3ccc(F)cc3F)cn2N2CCC(C)(C)[C@@H]12. The number of nitrogens with one attached hydrogen (secondary N) is 1. The molecule has 0 saturated carbocycles. The van der Waals surface area contributed by atoms with Crippen LogP contribution in [0.4, 0.5) is 8.78 Å². The first-order chi connectivity index (χ1) is 15.1. The average molecular weight is 446 g/mol. The minimum atomic E-state index is -0.991. The number of hydrogen-bond acceptors (Lipinski definition) is 5. The Morgan fingerprint density at radius 2 is 2.00 bits per heavy atom. The lowest BCUT2D eigenvalue weighted by molar-refractivity contribution is 0.0452. The molecule has 0 aliphatic carbocycles. The first-order valence-corrected chi connectivity index (χ1v) is 10.4. The van der Waals surface area contributed by atoms with E-state index in [2.05, 4.69) is 5.32 Å². The van der Waals surface area contributed by atoms with E-state index in [1.807, 2.05) is 25.8 Å². The van der Waals surface area contributed by atoms with E-state index < -0.39 is 34.6 Å². The number of carbonyl (C=O) groups excluding carboxylic acids is 2. The summed E-state index contributed by atoms with van der Waals surface area (Å²) in [6.45, 7) is 6.55. The third-order valence-corrected chi connectivity index (χ3v) is 6.21. The molecule has 8 nitrogen and oxygen atoms in total. The fraction of sp³-hybridized carbons (Fsp3) is 0.409. The highest BCUT2D eigenvalue weighted by Crippen LogP contribution is 2.41. The van der Waals surface area contributed by atoms with Crippen LogP contribution >= 0.6 is 0 Å². The van der Waals surface area contributed by atoms with Gasteiger partial charge in [-0.2, -0.15) is 0 Å². The van der Waals surface area contributed by atoms with E-state index in [1.165, 1.54) is 16.9 Å². The van der Waals surface area contributed by atoms with Crippen molar-refractivity contribution in [2.24, 2.45) is 5.41 Å². The Morgan fingerprint density at radius 3 is 2.66 bits per heavy atom. The first-order valence-electron chi connectivity index (χ1n) is 10.4. The van der Waals surface area contributed by atoms with Crippen molar-refractivity contribution in [3.8, 4) is 5.75 Å². The molecule has 1 fully saturated rings. The summed E-state index contributed by atoms with van der Waals surface area (Å²) in [5.41, 5.74) is -1.77. The molecule has 32 heavy (non-hydrogen) atoms. The zero-order chi connectivity index (χ0) is 23.4. The van der Waals surface area contributed by atoms with Crippen molar-refractivity contribution in [1.29, 1.82) is 0 Å². The van der Waals surface area contributed by atoms with Crippen molar-refractivity contribution in [3.05, 3.63) is 63.1 Å². The van der Waals surface area contributed by atoms with Gasteiger partial charge >= 0.3 is 0 Å². The molecule has 170 valence electrons. The van der Waals surface area contributed by atoms with E-state index in [4.69, 9.17) is 0 Å². The van der Waals surface area contributed by atoms with Crippen LogP contribution in [-0.2, 0) is 6.54 Å². The van der Waals surface area contributed by atoms with Crippen molar-refractivity contribution in [2.75, 3.05) is 18.1 Å². The molecule has 1 atom stereocenters. The topological polar surface area (TPSA) is 94.9 Å². The van der Waals surface area contributed by atoms with Gasteiger partial charge in [0.2, 0.25) is 5.43 Å². The summed E-state index contributed by atoms with van der Waals surface area (Å²) in [6, 6.07) is 2.95. The third kappa shape index (κ3) is 3.30. The Morgan fingerprint density at radius 1 is 1.28 bits per heavy atom. The molecule has 0 spiro atoms. The maximum atomic E-state index is 13.9. The maximum absolute atomic E-state index is 13.9. The number of aromatic nitrogens is 1. The number of benzene rings is 1. The molecular weight excluding hydrogens is 422 g/mol. The Bertz CT molecular complexity index is 1180.